The van der Waals surface area contributed by atoms with Gasteiger partial charge in [0.05, 0.1) is 4.90 Å². The molecule has 0 unspecified atom stereocenters. The van der Waals surface area contributed by atoms with Crippen LogP contribution in [0.3, 0.4) is 0 Å². The topological polar surface area (TPSA) is 134 Å². The number of esters is 1. The van der Waals surface area contributed by atoms with Crippen molar-refractivity contribution in [3.8, 4) is 11.5 Å². The van der Waals surface area contributed by atoms with Gasteiger partial charge >= 0.3 is 5.97 Å². The minimum absolute atomic E-state index is 0.0411. The highest BCUT2D eigenvalue weighted by atomic mass is 32.2. The van der Waals surface area contributed by atoms with Crippen molar-refractivity contribution in [3.63, 3.8) is 0 Å². The molecule has 2 aromatic carbocycles. The van der Waals surface area contributed by atoms with Gasteiger partial charge in [0.2, 0.25) is 16.1 Å². The summed E-state index contributed by atoms with van der Waals surface area (Å²) in [5, 5.41) is 7.53. The van der Waals surface area contributed by atoms with Crippen LogP contribution in [0.5, 0.6) is 11.5 Å². The molecule has 1 aliphatic heterocycles. The van der Waals surface area contributed by atoms with Crippen molar-refractivity contribution >= 4 is 27.6 Å². The third-order valence-electron chi connectivity index (χ3n) is 3.86. The van der Waals surface area contributed by atoms with Gasteiger partial charge < -0.3 is 19.5 Å². The molecule has 0 saturated heterocycles. The number of amides is 1. The molecule has 0 radical (unpaired) electrons. The molecule has 0 aromatic heterocycles. The highest BCUT2D eigenvalue weighted by Gasteiger charge is 2.31. The van der Waals surface area contributed by atoms with Gasteiger partial charge in [0.15, 0.2) is 17.6 Å². The summed E-state index contributed by atoms with van der Waals surface area (Å²) < 4.78 is 38.9. The number of carbonyl (C=O) groups is 2. The van der Waals surface area contributed by atoms with Crippen molar-refractivity contribution in [3.05, 3.63) is 48.5 Å². The second-order valence-electron chi connectivity index (χ2n) is 6.01. The monoisotopic (exact) mass is 406 g/mol. The maximum atomic E-state index is 12.3. The minimum Gasteiger partial charge on any atom is -0.485 e. The average molecular weight is 406 g/mol. The number of nitrogens with one attached hydrogen (secondary N) is 1. The second-order valence-corrected chi connectivity index (χ2v) is 7.57. The van der Waals surface area contributed by atoms with E-state index < -0.39 is 34.1 Å². The quantitative estimate of drug-likeness (QED) is 0.709. The summed E-state index contributed by atoms with van der Waals surface area (Å²) in [4.78, 5) is 24.4. The molecule has 3 rings (SSSR count). The number of ether oxygens (including phenoxy) is 3. The van der Waals surface area contributed by atoms with Crippen LogP contribution in [0.1, 0.15) is 6.92 Å². The molecule has 148 valence electrons. The number of anilines is 1. The summed E-state index contributed by atoms with van der Waals surface area (Å²) in [5.41, 5.74) is 0.200. The third-order valence-corrected chi connectivity index (χ3v) is 4.77. The molecule has 2 atom stereocenters. The zero-order valence-corrected chi connectivity index (χ0v) is 15.6. The highest BCUT2D eigenvalue weighted by Crippen LogP contribution is 2.31. The van der Waals surface area contributed by atoms with E-state index in [1.165, 1.54) is 31.2 Å². The fourth-order valence-corrected chi connectivity index (χ4v) is 2.99. The summed E-state index contributed by atoms with van der Waals surface area (Å²) in [7, 11) is -3.91. The summed E-state index contributed by atoms with van der Waals surface area (Å²) >= 11 is 0. The normalized spacial score (nSPS) is 16.7. The van der Waals surface area contributed by atoms with Gasteiger partial charge in [-0.2, -0.15) is 0 Å². The van der Waals surface area contributed by atoms with E-state index in [0.29, 0.717) is 11.5 Å². The molecular formula is C18H18N2O7S. The second kappa shape index (κ2) is 7.87. The van der Waals surface area contributed by atoms with Gasteiger partial charge in [-0.15, -0.1) is 0 Å². The lowest BCUT2D eigenvalue weighted by Gasteiger charge is -2.25. The first-order chi connectivity index (χ1) is 13.2. The van der Waals surface area contributed by atoms with Gasteiger partial charge in [-0.25, -0.2) is 18.4 Å². The molecule has 28 heavy (non-hydrogen) atoms. The molecule has 2 aromatic rings. The molecule has 1 amide bonds. The maximum Gasteiger partial charge on any atom is 0.351 e. The number of para-hydroxylation sites is 2. The van der Waals surface area contributed by atoms with Crippen LogP contribution in [0.25, 0.3) is 0 Å². The lowest BCUT2D eigenvalue weighted by atomic mass is 10.2. The zero-order chi connectivity index (χ0) is 20.3. The molecule has 9 nitrogen and oxygen atoms in total. The van der Waals surface area contributed by atoms with Crippen LogP contribution >= 0.6 is 0 Å². The molecule has 1 aliphatic rings. The zero-order valence-electron chi connectivity index (χ0n) is 14.8. The van der Waals surface area contributed by atoms with Crippen LogP contribution in [0.15, 0.2) is 53.4 Å². The summed E-state index contributed by atoms with van der Waals surface area (Å²) in [6, 6.07) is 12.3. The van der Waals surface area contributed by atoms with Crippen molar-refractivity contribution in [2.75, 3.05) is 11.9 Å². The lowest BCUT2D eigenvalue weighted by molar-refractivity contribution is -0.162. The van der Waals surface area contributed by atoms with Gasteiger partial charge in [-0.05, 0) is 37.3 Å². The number of nitrogens with two attached hydrogens (primary N) is 1. The van der Waals surface area contributed by atoms with E-state index in [0.717, 1.165) is 0 Å². The minimum atomic E-state index is -3.91. The van der Waals surface area contributed by atoms with E-state index in [-0.39, 0.29) is 17.2 Å². The lowest BCUT2D eigenvalue weighted by Crippen LogP contribution is -2.41. The summed E-state index contributed by atoms with van der Waals surface area (Å²) in [5.74, 6) is -0.466. The molecule has 1 heterocycles. The van der Waals surface area contributed by atoms with E-state index in [4.69, 9.17) is 19.3 Å². The van der Waals surface area contributed by atoms with E-state index in [1.54, 1.807) is 24.3 Å². The molecule has 0 spiro atoms. The third kappa shape index (κ3) is 4.59. The van der Waals surface area contributed by atoms with Crippen LogP contribution in [-0.2, 0) is 24.3 Å². The SMILES string of the molecule is C[C@H](OC(=O)[C@@H]1COc2ccccc2O1)C(=O)Nc1cccc(S(N)(=O)=O)c1. The predicted octanol–water partition coefficient (Wildman–Crippen LogP) is 1.04. The van der Waals surface area contributed by atoms with Gasteiger partial charge in [0.25, 0.3) is 5.91 Å². The first-order valence-electron chi connectivity index (χ1n) is 8.27. The van der Waals surface area contributed by atoms with Crippen molar-refractivity contribution in [1.82, 2.24) is 0 Å². The largest absolute Gasteiger partial charge is 0.485 e. The van der Waals surface area contributed by atoms with Crippen LogP contribution in [-0.4, -0.2) is 39.1 Å². The average Bonchev–Trinajstić information content (AvgIpc) is 2.67. The van der Waals surface area contributed by atoms with Gasteiger partial charge in [-0.3, -0.25) is 4.79 Å². The highest BCUT2D eigenvalue weighted by molar-refractivity contribution is 7.89. The van der Waals surface area contributed by atoms with Gasteiger partial charge in [0.1, 0.15) is 6.61 Å². The number of rotatable bonds is 5. The summed E-state index contributed by atoms with van der Waals surface area (Å²) in [6.07, 6.45) is -2.15. The van der Waals surface area contributed by atoms with E-state index in [1.807, 2.05) is 0 Å². The van der Waals surface area contributed by atoms with E-state index in [2.05, 4.69) is 5.32 Å². The maximum absolute atomic E-state index is 12.3. The number of hydrogen-bond donors (Lipinski definition) is 2. The Bertz CT molecular complexity index is 1010. The van der Waals surface area contributed by atoms with Crippen LogP contribution in [0.2, 0.25) is 0 Å². The van der Waals surface area contributed by atoms with Crippen molar-refractivity contribution in [2.45, 2.75) is 24.0 Å². The predicted molar refractivity (Wildman–Crippen MR) is 98.4 cm³/mol. The number of hydrogen-bond acceptors (Lipinski definition) is 7. The number of primary sulfonamides is 1. The molecule has 0 saturated carbocycles. The molecule has 3 N–H and O–H groups in total. The Balaban J connectivity index is 1.59. The Hall–Kier alpha value is -3.11. The Morgan fingerprint density at radius 3 is 2.61 bits per heavy atom. The smallest absolute Gasteiger partial charge is 0.351 e. The molecule has 0 fully saturated rings. The Labute approximate surface area is 161 Å². The first-order valence-corrected chi connectivity index (χ1v) is 9.81. The Morgan fingerprint density at radius 2 is 1.89 bits per heavy atom. The van der Waals surface area contributed by atoms with Crippen LogP contribution in [0.4, 0.5) is 5.69 Å². The molecule has 0 bridgehead atoms. The Kier molecular flexibility index (Phi) is 5.52. The number of carbonyl (C=O) groups excluding carboxylic acids is 2. The summed E-state index contributed by atoms with van der Waals surface area (Å²) in [6.45, 7) is 1.34. The standard InChI is InChI=1S/C18H18N2O7S/c1-11(17(21)20-12-5-4-6-13(9-12)28(19,23)24)26-18(22)16-10-25-14-7-2-3-8-15(14)27-16/h2-9,11,16H,10H2,1H3,(H,20,21)(H2,19,23,24)/t11-,16-/m0/s1. The fourth-order valence-electron chi connectivity index (χ4n) is 2.43. The van der Waals surface area contributed by atoms with Gasteiger partial charge in [-0.1, -0.05) is 18.2 Å². The Morgan fingerprint density at radius 1 is 1.18 bits per heavy atom. The van der Waals surface area contributed by atoms with Crippen LogP contribution < -0.4 is 19.9 Å². The van der Waals surface area contributed by atoms with E-state index >= 15 is 0 Å². The fraction of sp³-hybridized carbons (Fsp3) is 0.222. The number of benzene rings is 2. The van der Waals surface area contributed by atoms with Crippen molar-refractivity contribution in [1.29, 1.82) is 0 Å². The number of fused-ring (bicyclic) bond motifs is 1. The van der Waals surface area contributed by atoms with Gasteiger partial charge in [0, 0.05) is 5.69 Å². The van der Waals surface area contributed by atoms with Crippen molar-refractivity contribution in [2.24, 2.45) is 5.14 Å². The number of sulfonamides is 1. The first kappa shape index (κ1) is 19.6. The molecular weight excluding hydrogens is 388 g/mol. The van der Waals surface area contributed by atoms with Crippen molar-refractivity contribution < 1.29 is 32.2 Å². The van der Waals surface area contributed by atoms with Crippen LogP contribution in [0, 0.1) is 0 Å². The van der Waals surface area contributed by atoms with E-state index in [9.17, 15) is 18.0 Å². The molecule has 10 heteroatoms. The molecule has 0 aliphatic carbocycles.